The molecule has 0 spiro atoms. The number of halogens is 1. The molecule has 0 fully saturated rings. The van der Waals surface area contributed by atoms with Gasteiger partial charge in [0.15, 0.2) is 0 Å². The number of nitrogens with one attached hydrogen (secondary N) is 1. The van der Waals surface area contributed by atoms with Gasteiger partial charge in [0.05, 0.1) is 11.9 Å². The highest BCUT2D eigenvalue weighted by atomic mass is 79.9. The van der Waals surface area contributed by atoms with Gasteiger partial charge in [-0.05, 0) is 17.7 Å². The molecule has 0 saturated heterocycles. The van der Waals surface area contributed by atoms with E-state index in [1.54, 1.807) is 12.1 Å². The maximum absolute atomic E-state index is 11.2. The first kappa shape index (κ1) is 12.9. The summed E-state index contributed by atoms with van der Waals surface area (Å²) in [6, 6.07) is 9.24. The summed E-state index contributed by atoms with van der Waals surface area (Å²) in [7, 11) is 0. The normalized spacial score (nSPS) is 11.1. The number of aromatic nitrogens is 1. The number of H-pyrrole nitrogens is 1. The van der Waals surface area contributed by atoms with Crippen LogP contribution in [0, 0.1) is 0 Å². The van der Waals surface area contributed by atoms with Gasteiger partial charge < -0.3 is 10.7 Å². The van der Waals surface area contributed by atoms with E-state index in [9.17, 15) is 9.59 Å². The van der Waals surface area contributed by atoms with E-state index in [-0.39, 0.29) is 12.3 Å². The van der Waals surface area contributed by atoms with Gasteiger partial charge in [-0.2, -0.15) is 0 Å². The Bertz CT molecular complexity index is 852. The molecule has 5 heteroatoms. The van der Waals surface area contributed by atoms with Gasteiger partial charge in [-0.1, -0.05) is 34.1 Å². The predicted molar refractivity (Wildman–Crippen MR) is 81.8 cm³/mol. The summed E-state index contributed by atoms with van der Waals surface area (Å²) in [6.07, 6.45) is 0.988. The highest BCUT2D eigenvalue weighted by Gasteiger charge is 2.13. The van der Waals surface area contributed by atoms with Crippen LogP contribution in [0.5, 0.6) is 0 Å². The van der Waals surface area contributed by atoms with E-state index >= 15 is 0 Å². The van der Waals surface area contributed by atoms with E-state index in [1.807, 2.05) is 18.2 Å². The fraction of sp³-hybridized carbons (Fsp3) is 0.0667. The molecule has 2 aromatic carbocycles. The molecule has 3 aromatic rings. The Morgan fingerprint density at radius 2 is 2.10 bits per heavy atom. The summed E-state index contributed by atoms with van der Waals surface area (Å²) < 4.78 is 0.936. The lowest BCUT2D eigenvalue weighted by Gasteiger charge is -2.02. The fourth-order valence-corrected chi connectivity index (χ4v) is 3.00. The first-order valence-electron chi connectivity index (χ1n) is 6.06. The number of amides is 1. The van der Waals surface area contributed by atoms with Crippen LogP contribution >= 0.6 is 15.9 Å². The number of hydrogen-bond acceptors (Lipinski definition) is 2. The Labute approximate surface area is 123 Å². The second-order valence-corrected chi connectivity index (χ2v) is 5.50. The largest absolute Gasteiger partial charge is 0.369 e. The molecule has 0 radical (unpaired) electrons. The minimum absolute atomic E-state index is 0.178. The smallest absolute Gasteiger partial charge is 0.221 e. The monoisotopic (exact) mass is 330 g/mol. The van der Waals surface area contributed by atoms with Crippen LogP contribution in [-0.4, -0.2) is 17.2 Å². The number of fused-ring (bicyclic) bond motifs is 3. The molecule has 0 atom stereocenters. The van der Waals surface area contributed by atoms with Crippen molar-refractivity contribution in [3.63, 3.8) is 0 Å². The molecule has 0 unspecified atom stereocenters. The molecule has 20 heavy (non-hydrogen) atoms. The van der Waals surface area contributed by atoms with Crippen molar-refractivity contribution in [3.05, 3.63) is 45.9 Å². The lowest BCUT2D eigenvalue weighted by molar-refractivity contribution is -0.117. The van der Waals surface area contributed by atoms with Crippen LogP contribution in [0.4, 0.5) is 0 Å². The topological polar surface area (TPSA) is 76.0 Å². The molecule has 3 rings (SSSR count). The van der Waals surface area contributed by atoms with Gasteiger partial charge in [0, 0.05) is 26.3 Å². The number of benzene rings is 2. The first-order valence-corrected chi connectivity index (χ1v) is 6.85. The number of primary amides is 1. The molecule has 3 N–H and O–H groups in total. The zero-order valence-corrected chi connectivity index (χ0v) is 12.0. The molecular formula is C15H11BrN2O2. The van der Waals surface area contributed by atoms with E-state index in [0.717, 1.165) is 38.1 Å². The quantitative estimate of drug-likeness (QED) is 0.724. The fourth-order valence-electron chi connectivity index (χ4n) is 2.45. The number of carbonyl (C=O) groups excluding carboxylic acids is 2. The zero-order chi connectivity index (χ0) is 14.3. The Morgan fingerprint density at radius 1 is 1.30 bits per heavy atom. The Hall–Kier alpha value is -2.14. The number of nitrogens with two attached hydrogens (primary N) is 1. The summed E-state index contributed by atoms with van der Waals surface area (Å²) in [5.41, 5.74) is 8.47. The molecule has 0 aliphatic heterocycles. The summed E-state index contributed by atoms with van der Waals surface area (Å²) >= 11 is 3.53. The third kappa shape index (κ3) is 2.00. The third-order valence-electron chi connectivity index (χ3n) is 3.31. The van der Waals surface area contributed by atoms with Crippen LogP contribution in [-0.2, 0) is 11.2 Å². The number of hydrogen-bond donors (Lipinski definition) is 2. The highest BCUT2D eigenvalue weighted by molar-refractivity contribution is 9.10. The van der Waals surface area contributed by atoms with Gasteiger partial charge in [-0.25, -0.2) is 0 Å². The zero-order valence-electron chi connectivity index (χ0n) is 10.4. The van der Waals surface area contributed by atoms with Crippen molar-refractivity contribution in [2.75, 3.05) is 0 Å². The van der Waals surface area contributed by atoms with E-state index < -0.39 is 0 Å². The summed E-state index contributed by atoms with van der Waals surface area (Å²) in [5.74, 6) is -0.374. The highest BCUT2D eigenvalue weighted by Crippen LogP contribution is 2.34. The number of aromatic amines is 1. The second-order valence-electron chi connectivity index (χ2n) is 4.65. The van der Waals surface area contributed by atoms with Crippen molar-refractivity contribution in [1.29, 1.82) is 0 Å². The molecule has 0 saturated carbocycles. The van der Waals surface area contributed by atoms with Gasteiger partial charge in [0.1, 0.15) is 6.29 Å². The van der Waals surface area contributed by atoms with Crippen molar-refractivity contribution in [2.24, 2.45) is 5.73 Å². The van der Waals surface area contributed by atoms with E-state index in [0.29, 0.717) is 5.56 Å². The summed E-state index contributed by atoms with van der Waals surface area (Å²) in [5, 5.41) is 2.00. The standard InChI is InChI=1S/C15H11BrN2O2/c16-11-4-2-9(6-13(17)20)15-14(11)10-3-1-8(7-19)5-12(10)18-15/h1-5,7,18H,6H2,(H2,17,20). The van der Waals surface area contributed by atoms with Crippen molar-refractivity contribution in [1.82, 2.24) is 4.98 Å². The molecule has 1 aromatic heterocycles. The van der Waals surface area contributed by atoms with Gasteiger partial charge in [0.25, 0.3) is 0 Å². The second kappa shape index (κ2) is 4.76. The molecule has 0 aliphatic carbocycles. The number of aldehydes is 1. The van der Waals surface area contributed by atoms with Gasteiger partial charge in [-0.3, -0.25) is 9.59 Å². The minimum atomic E-state index is -0.374. The molecule has 1 heterocycles. The Kier molecular flexibility index (Phi) is 3.06. The van der Waals surface area contributed by atoms with Crippen LogP contribution in [0.2, 0.25) is 0 Å². The molecule has 4 nitrogen and oxygen atoms in total. The lowest BCUT2D eigenvalue weighted by atomic mass is 10.1. The third-order valence-corrected chi connectivity index (χ3v) is 3.98. The van der Waals surface area contributed by atoms with Gasteiger partial charge in [0.2, 0.25) is 5.91 Å². The Balaban J connectivity index is 2.38. The van der Waals surface area contributed by atoms with Crippen LogP contribution in [0.25, 0.3) is 21.8 Å². The van der Waals surface area contributed by atoms with Gasteiger partial charge >= 0.3 is 0 Å². The molecule has 0 aliphatic rings. The van der Waals surface area contributed by atoms with Crippen molar-refractivity contribution < 1.29 is 9.59 Å². The predicted octanol–water partition coefficient (Wildman–Crippen LogP) is 2.92. The SMILES string of the molecule is NC(=O)Cc1ccc(Br)c2c1[nH]c1cc(C=O)ccc12. The average molecular weight is 331 g/mol. The first-order chi connectivity index (χ1) is 9.60. The van der Waals surface area contributed by atoms with Gasteiger partial charge in [-0.15, -0.1) is 0 Å². The van der Waals surface area contributed by atoms with Crippen molar-refractivity contribution in [2.45, 2.75) is 6.42 Å². The average Bonchev–Trinajstić information content (AvgIpc) is 2.80. The molecular weight excluding hydrogens is 320 g/mol. The van der Waals surface area contributed by atoms with E-state index in [4.69, 9.17) is 5.73 Å². The van der Waals surface area contributed by atoms with Crippen LogP contribution in [0.3, 0.4) is 0 Å². The summed E-state index contributed by atoms with van der Waals surface area (Å²) in [6.45, 7) is 0. The molecule has 1 amide bonds. The molecule has 100 valence electrons. The Morgan fingerprint density at radius 3 is 2.80 bits per heavy atom. The molecule has 0 bridgehead atoms. The minimum Gasteiger partial charge on any atom is -0.369 e. The van der Waals surface area contributed by atoms with Crippen LogP contribution in [0.1, 0.15) is 15.9 Å². The van der Waals surface area contributed by atoms with Crippen LogP contribution < -0.4 is 5.73 Å². The summed E-state index contributed by atoms with van der Waals surface area (Å²) in [4.78, 5) is 25.3. The van der Waals surface area contributed by atoms with Crippen molar-refractivity contribution >= 4 is 49.9 Å². The number of carbonyl (C=O) groups is 2. The maximum Gasteiger partial charge on any atom is 0.221 e. The van der Waals surface area contributed by atoms with E-state index in [2.05, 4.69) is 20.9 Å². The lowest BCUT2D eigenvalue weighted by Crippen LogP contribution is -2.13. The number of rotatable bonds is 3. The van der Waals surface area contributed by atoms with Crippen LogP contribution in [0.15, 0.2) is 34.8 Å². The van der Waals surface area contributed by atoms with E-state index in [1.165, 1.54) is 0 Å². The van der Waals surface area contributed by atoms with Crippen molar-refractivity contribution in [3.8, 4) is 0 Å². The maximum atomic E-state index is 11.2.